The minimum atomic E-state index is 0.850. The zero-order valence-corrected chi connectivity index (χ0v) is 21.6. The Hall–Kier alpha value is -5.48. The number of benzene rings is 5. The zero-order chi connectivity index (χ0) is 26.5. The number of hydrogen-bond acceptors (Lipinski definition) is 2. The Morgan fingerprint density at radius 3 is 1.85 bits per heavy atom. The molecule has 0 unspecified atom stereocenters. The van der Waals surface area contributed by atoms with Crippen LogP contribution in [0.4, 0.5) is 0 Å². The summed E-state index contributed by atoms with van der Waals surface area (Å²) in [6.07, 6.45) is 1.83. The van der Waals surface area contributed by atoms with Crippen LogP contribution in [0.2, 0.25) is 0 Å². The fourth-order valence-electron chi connectivity index (χ4n) is 5.81. The molecule has 5 aromatic carbocycles. The van der Waals surface area contributed by atoms with Crippen molar-refractivity contribution in [1.29, 1.82) is 0 Å². The molecule has 8 aromatic rings. The fraction of sp³-hybridized carbons (Fsp3) is 0. The maximum atomic E-state index is 5.31. The third kappa shape index (κ3) is 3.47. The lowest BCUT2D eigenvalue weighted by Gasteiger charge is -2.10. The molecule has 0 aliphatic rings. The highest BCUT2D eigenvalue weighted by atomic mass is 15.1. The molecule has 0 saturated carbocycles. The van der Waals surface area contributed by atoms with E-state index in [-0.39, 0.29) is 0 Å². The van der Waals surface area contributed by atoms with Crippen molar-refractivity contribution in [2.45, 2.75) is 0 Å². The number of fused-ring (bicyclic) bond motifs is 5. The van der Waals surface area contributed by atoms with E-state index in [1.165, 1.54) is 16.5 Å². The first-order valence-corrected chi connectivity index (χ1v) is 13.4. The maximum Gasteiger partial charge on any atom is 0.146 e. The van der Waals surface area contributed by atoms with Gasteiger partial charge in [-0.2, -0.15) is 0 Å². The highest BCUT2D eigenvalue weighted by Crippen LogP contribution is 2.39. The monoisotopic (exact) mass is 512 g/mol. The van der Waals surface area contributed by atoms with Gasteiger partial charge in [-0.15, -0.1) is 0 Å². The molecule has 0 N–H and O–H groups in total. The highest BCUT2D eigenvalue weighted by molar-refractivity contribution is 6.20. The molecule has 0 amide bonds. The standard InChI is InChI=1S/C36H24N4/c1-3-11-25(12-4-1)26-18-20-28(21-19-26)39-30-16-8-7-15-29(30)34-31(39)22-23-32-35(34)38-36(27-13-5-2-6-14-27)40(32)33-17-9-10-24-37-33/h1-24H. The highest BCUT2D eigenvalue weighted by Gasteiger charge is 2.21. The summed E-state index contributed by atoms with van der Waals surface area (Å²) in [6.45, 7) is 0. The Kier molecular flexibility index (Phi) is 5.10. The second kappa shape index (κ2) is 9.07. The van der Waals surface area contributed by atoms with Gasteiger partial charge < -0.3 is 4.57 Å². The Balaban J connectivity index is 1.42. The van der Waals surface area contributed by atoms with E-state index in [2.05, 4.69) is 124 Å². The van der Waals surface area contributed by atoms with Crippen molar-refractivity contribution < 1.29 is 0 Å². The molecule has 0 aliphatic heterocycles. The molecule has 0 saturated heterocycles. The molecule has 8 rings (SSSR count). The van der Waals surface area contributed by atoms with Crippen LogP contribution in [0.1, 0.15) is 0 Å². The van der Waals surface area contributed by atoms with Crippen LogP contribution >= 0.6 is 0 Å². The third-order valence-electron chi connectivity index (χ3n) is 7.60. The lowest BCUT2D eigenvalue weighted by Crippen LogP contribution is -1.99. The Morgan fingerprint density at radius 1 is 0.450 bits per heavy atom. The molecule has 0 atom stereocenters. The molecule has 40 heavy (non-hydrogen) atoms. The van der Waals surface area contributed by atoms with E-state index in [1.807, 2.05) is 30.5 Å². The van der Waals surface area contributed by atoms with Crippen molar-refractivity contribution >= 4 is 32.8 Å². The van der Waals surface area contributed by atoms with Gasteiger partial charge in [0.15, 0.2) is 0 Å². The SMILES string of the molecule is c1ccc(-c2ccc(-n3c4ccccc4c4c5nc(-c6ccccc6)n(-c6ccccn6)c5ccc43)cc2)cc1. The number of hydrogen-bond donors (Lipinski definition) is 0. The number of nitrogens with zero attached hydrogens (tertiary/aromatic N) is 4. The quantitative estimate of drug-likeness (QED) is 0.236. The molecule has 4 heteroatoms. The van der Waals surface area contributed by atoms with Gasteiger partial charge in [0, 0.05) is 28.2 Å². The number of para-hydroxylation sites is 1. The van der Waals surface area contributed by atoms with Gasteiger partial charge in [-0.05, 0) is 53.6 Å². The van der Waals surface area contributed by atoms with Crippen LogP contribution in [-0.2, 0) is 0 Å². The minimum Gasteiger partial charge on any atom is -0.309 e. The second-order valence-corrected chi connectivity index (χ2v) is 9.92. The van der Waals surface area contributed by atoms with Gasteiger partial charge in [0.25, 0.3) is 0 Å². The van der Waals surface area contributed by atoms with Crippen molar-refractivity contribution in [3.8, 4) is 34.0 Å². The zero-order valence-electron chi connectivity index (χ0n) is 21.6. The summed E-state index contributed by atoms with van der Waals surface area (Å²) >= 11 is 0. The second-order valence-electron chi connectivity index (χ2n) is 9.92. The summed E-state index contributed by atoms with van der Waals surface area (Å²) in [5.74, 6) is 1.73. The average molecular weight is 513 g/mol. The van der Waals surface area contributed by atoms with E-state index in [9.17, 15) is 0 Å². The predicted molar refractivity (Wildman–Crippen MR) is 164 cm³/mol. The Labute approximate surface area is 231 Å². The van der Waals surface area contributed by atoms with E-state index < -0.39 is 0 Å². The molecule has 0 aliphatic carbocycles. The van der Waals surface area contributed by atoms with Gasteiger partial charge in [0.1, 0.15) is 11.6 Å². The largest absolute Gasteiger partial charge is 0.309 e. The molecule has 0 fully saturated rings. The van der Waals surface area contributed by atoms with Crippen LogP contribution in [0.15, 0.2) is 146 Å². The molecular weight excluding hydrogens is 488 g/mol. The first-order valence-electron chi connectivity index (χ1n) is 13.4. The van der Waals surface area contributed by atoms with Crippen molar-refractivity contribution in [3.63, 3.8) is 0 Å². The minimum absolute atomic E-state index is 0.850. The normalized spacial score (nSPS) is 11.5. The lowest BCUT2D eigenvalue weighted by molar-refractivity contribution is 1.03. The fourth-order valence-corrected chi connectivity index (χ4v) is 5.81. The van der Waals surface area contributed by atoms with Crippen LogP contribution in [0.5, 0.6) is 0 Å². The molecule has 188 valence electrons. The number of rotatable bonds is 4. The van der Waals surface area contributed by atoms with Crippen LogP contribution < -0.4 is 0 Å². The van der Waals surface area contributed by atoms with Gasteiger partial charge in [0.2, 0.25) is 0 Å². The van der Waals surface area contributed by atoms with Gasteiger partial charge in [-0.1, -0.05) is 97.1 Å². The molecular formula is C36H24N4. The first-order chi connectivity index (χ1) is 19.9. The van der Waals surface area contributed by atoms with Crippen molar-refractivity contribution in [3.05, 3.63) is 146 Å². The topological polar surface area (TPSA) is 35.6 Å². The molecule has 3 heterocycles. The summed E-state index contributed by atoms with van der Waals surface area (Å²) in [4.78, 5) is 10.0. The summed E-state index contributed by atoms with van der Waals surface area (Å²) in [7, 11) is 0. The molecule has 3 aromatic heterocycles. The van der Waals surface area contributed by atoms with E-state index >= 15 is 0 Å². The van der Waals surface area contributed by atoms with Gasteiger partial charge in [0.05, 0.1) is 22.1 Å². The van der Waals surface area contributed by atoms with Gasteiger partial charge >= 0.3 is 0 Å². The molecule has 0 bridgehead atoms. The van der Waals surface area contributed by atoms with Crippen molar-refractivity contribution in [2.24, 2.45) is 0 Å². The van der Waals surface area contributed by atoms with Crippen LogP contribution in [0.25, 0.3) is 66.9 Å². The maximum absolute atomic E-state index is 5.31. The van der Waals surface area contributed by atoms with E-state index in [0.29, 0.717) is 0 Å². The lowest BCUT2D eigenvalue weighted by atomic mass is 10.1. The molecule has 4 nitrogen and oxygen atoms in total. The number of imidazole rings is 1. The van der Waals surface area contributed by atoms with Crippen molar-refractivity contribution in [1.82, 2.24) is 19.1 Å². The summed E-state index contributed by atoms with van der Waals surface area (Å²) in [6, 6.07) is 48.7. The van der Waals surface area contributed by atoms with E-state index in [0.717, 1.165) is 50.3 Å². The first kappa shape index (κ1) is 22.5. The van der Waals surface area contributed by atoms with E-state index in [4.69, 9.17) is 9.97 Å². The van der Waals surface area contributed by atoms with Gasteiger partial charge in [-0.25, -0.2) is 9.97 Å². The van der Waals surface area contributed by atoms with Crippen LogP contribution in [-0.4, -0.2) is 19.1 Å². The summed E-state index contributed by atoms with van der Waals surface area (Å²) in [5.41, 5.74) is 8.89. The smallest absolute Gasteiger partial charge is 0.146 e. The van der Waals surface area contributed by atoms with Crippen LogP contribution in [0.3, 0.4) is 0 Å². The molecule has 0 spiro atoms. The third-order valence-corrected chi connectivity index (χ3v) is 7.60. The van der Waals surface area contributed by atoms with Crippen molar-refractivity contribution in [2.75, 3.05) is 0 Å². The van der Waals surface area contributed by atoms with Gasteiger partial charge in [-0.3, -0.25) is 4.57 Å². The predicted octanol–water partition coefficient (Wildman–Crippen LogP) is 8.85. The number of pyridine rings is 1. The van der Waals surface area contributed by atoms with E-state index in [1.54, 1.807) is 0 Å². The Morgan fingerprint density at radius 2 is 1.10 bits per heavy atom. The summed E-state index contributed by atoms with van der Waals surface area (Å²) < 4.78 is 4.52. The average Bonchev–Trinajstić information content (AvgIpc) is 3.59. The number of aromatic nitrogens is 4. The molecule has 0 radical (unpaired) electrons. The summed E-state index contributed by atoms with van der Waals surface area (Å²) in [5, 5.41) is 2.33. The van der Waals surface area contributed by atoms with Crippen LogP contribution in [0, 0.1) is 0 Å². The Bertz CT molecular complexity index is 2120.